The van der Waals surface area contributed by atoms with E-state index in [2.05, 4.69) is 5.32 Å². The summed E-state index contributed by atoms with van der Waals surface area (Å²) in [5.41, 5.74) is 6.15. The van der Waals surface area contributed by atoms with Crippen LogP contribution in [0.4, 0.5) is 10.1 Å². The van der Waals surface area contributed by atoms with Crippen molar-refractivity contribution in [1.82, 2.24) is 4.90 Å². The van der Waals surface area contributed by atoms with Crippen LogP contribution in [0.25, 0.3) is 0 Å². The van der Waals surface area contributed by atoms with Gasteiger partial charge in [0.05, 0.1) is 6.04 Å². The van der Waals surface area contributed by atoms with Crippen molar-refractivity contribution in [3.05, 3.63) is 30.1 Å². The van der Waals surface area contributed by atoms with Crippen molar-refractivity contribution in [2.75, 3.05) is 18.4 Å². The number of nitrogens with one attached hydrogen (secondary N) is 1. The van der Waals surface area contributed by atoms with E-state index in [-0.39, 0.29) is 23.5 Å². The number of amides is 2. The number of anilines is 1. The lowest BCUT2D eigenvalue weighted by Crippen LogP contribution is -2.47. The number of carbonyl (C=O) groups is 2. The molecule has 6 heteroatoms. The van der Waals surface area contributed by atoms with Crippen LogP contribution in [-0.4, -0.2) is 35.8 Å². The molecule has 0 unspecified atom stereocenters. The van der Waals surface area contributed by atoms with Gasteiger partial charge in [0.1, 0.15) is 5.82 Å². The van der Waals surface area contributed by atoms with E-state index < -0.39 is 6.04 Å². The summed E-state index contributed by atoms with van der Waals surface area (Å²) in [5, 5.41) is 2.77. The standard InChI is InChI=1S/C15H20FN3O2/c1-10(17)15(21)19-8-6-11(7-9-19)14(20)18-13-4-2-12(16)3-5-13/h2-5,10-11H,6-9,17H2,1H3,(H,18,20)/t10-/m0/s1. The summed E-state index contributed by atoms with van der Waals surface area (Å²) in [7, 11) is 0. The van der Waals surface area contributed by atoms with Gasteiger partial charge >= 0.3 is 0 Å². The quantitative estimate of drug-likeness (QED) is 0.883. The molecule has 1 heterocycles. The average molecular weight is 293 g/mol. The van der Waals surface area contributed by atoms with Gasteiger partial charge in [0.15, 0.2) is 0 Å². The third-order valence-corrected chi connectivity index (χ3v) is 3.68. The zero-order chi connectivity index (χ0) is 15.4. The number of carbonyl (C=O) groups excluding carboxylic acids is 2. The third kappa shape index (κ3) is 4.01. The molecule has 0 spiro atoms. The second-order valence-electron chi connectivity index (χ2n) is 5.38. The zero-order valence-corrected chi connectivity index (χ0v) is 12.0. The maximum Gasteiger partial charge on any atom is 0.239 e. The van der Waals surface area contributed by atoms with E-state index in [1.807, 2.05) is 0 Å². The monoisotopic (exact) mass is 293 g/mol. The Kier molecular flexibility index (Phi) is 4.90. The first-order valence-corrected chi connectivity index (χ1v) is 7.08. The van der Waals surface area contributed by atoms with Crippen LogP contribution in [0, 0.1) is 11.7 Å². The van der Waals surface area contributed by atoms with Gasteiger partial charge in [0.2, 0.25) is 11.8 Å². The van der Waals surface area contributed by atoms with Crippen molar-refractivity contribution in [3.63, 3.8) is 0 Å². The van der Waals surface area contributed by atoms with Gasteiger partial charge in [-0.1, -0.05) is 0 Å². The molecule has 1 aromatic rings. The smallest absolute Gasteiger partial charge is 0.239 e. The lowest BCUT2D eigenvalue weighted by atomic mass is 9.95. The number of hydrogen-bond acceptors (Lipinski definition) is 3. The van der Waals surface area contributed by atoms with Crippen LogP contribution in [0.1, 0.15) is 19.8 Å². The molecular formula is C15H20FN3O2. The van der Waals surface area contributed by atoms with Crippen LogP contribution in [0.3, 0.4) is 0 Å². The van der Waals surface area contributed by atoms with Gasteiger partial charge in [0, 0.05) is 24.7 Å². The van der Waals surface area contributed by atoms with Gasteiger partial charge in [-0.3, -0.25) is 9.59 Å². The lowest BCUT2D eigenvalue weighted by molar-refractivity contribution is -0.135. The maximum atomic E-state index is 12.8. The van der Waals surface area contributed by atoms with Crippen molar-refractivity contribution < 1.29 is 14.0 Å². The molecule has 114 valence electrons. The van der Waals surface area contributed by atoms with Crippen LogP contribution < -0.4 is 11.1 Å². The fraction of sp³-hybridized carbons (Fsp3) is 0.467. The largest absolute Gasteiger partial charge is 0.341 e. The number of piperidine rings is 1. The van der Waals surface area contributed by atoms with Gasteiger partial charge in [-0.25, -0.2) is 4.39 Å². The highest BCUT2D eigenvalue weighted by atomic mass is 19.1. The minimum atomic E-state index is -0.505. The highest BCUT2D eigenvalue weighted by Gasteiger charge is 2.28. The van der Waals surface area contributed by atoms with Crippen LogP contribution in [0.15, 0.2) is 24.3 Å². The van der Waals surface area contributed by atoms with Crippen molar-refractivity contribution in [3.8, 4) is 0 Å². The highest BCUT2D eigenvalue weighted by Crippen LogP contribution is 2.20. The molecule has 0 saturated carbocycles. The van der Waals surface area contributed by atoms with E-state index in [9.17, 15) is 14.0 Å². The van der Waals surface area contributed by atoms with E-state index in [4.69, 9.17) is 5.73 Å². The minimum absolute atomic E-state index is 0.0765. The Hall–Kier alpha value is -1.95. The van der Waals surface area contributed by atoms with Gasteiger partial charge in [-0.2, -0.15) is 0 Å². The van der Waals surface area contributed by atoms with E-state index >= 15 is 0 Å². The molecular weight excluding hydrogens is 273 g/mol. The summed E-state index contributed by atoms with van der Waals surface area (Å²) in [6, 6.07) is 5.16. The number of likely N-dealkylation sites (tertiary alicyclic amines) is 1. The Morgan fingerprint density at radius 1 is 1.29 bits per heavy atom. The highest BCUT2D eigenvalue weighted by molar-refractivity contribution is 5.92. The molecule has 5 nitrogen and oxygen atoms in total. The van der Waals surface area contributed by atoms with Crippen molar-refractivity contribution in [2.24, 2.45) is 11.7 Å². The predicted molar refractivity (Wildman–Crippen MR) is 78.0 cm³/mol. The van der Waals surface area contributed by atoms with Crippen LogP contribution in [-0.2, 0) is 9.59 Å². The Morgan fingerprint density at radius 2 is 1.86 bits per heavy atom. The van der Waals surface area contributed by atoms with Gasteiger partial charge in [0.25, 0.3) is 0 Å². The second-order valence-corrected chi connectivity index (χ2v) is 5.38. The fourth-order valence-electron chi connectivity index (χ4n) is 2.43. The molecule has 1 saturated heterocycles. The SMILES string of the molecule is C[C@H](N)C(=O)N1CCC(C(=O)Nc2ccc(F)cc2)CC1. The number of benzene rings is 1. The molecule has 2 amide bonds. The number of hydrogen-bond donors (Lipinski definition) is 2. The van der Waals surface area contributed by atoms with Crippen molar-refractivity contribution in [1.29, 1.82) is 0 Å². The topological polar surface area (TPSA) is 75.4 Å². The first-order chi connectivity index (χ1) is 9.97. The predicted octanol–water partition coefficient (Wildman–Crippen LogP) is 1.35. The Bertz CT molecular complexity index is 508. The first kappa shape index (κ1) is 15.4. The number of nitrogens with two attached hydrogens (primary N) is 1. The molecule has 1 aliphatic heterocycles. The minimum Gasteiger partial charge on any atom is -0.341 e. The third-order valence-electron chi connectivity index (χ3n) is 3.68. The summed E-state index contributed by atoms with van der Waals surface area (Å²) in [5.74, 6) is -0.634. The van der Waals surface area contributed by atoms with Gasteiger partial charge in [-0.15, -0.1) is 0 Å². The Labute approximate surface area is 123 Å². The Balaban J connectivity index is 1.86. The summed E-state index contributed by atoms with van der Waals surface area (Å²) in [4.78, 5) is 25.6. The molecule has 0 bridgehead atoms. The van der Waals surface area contributed by atoms with E-state index in [0.29, 0.717) is 31.6 Å². The normalized spacial score (nSPS) is 17.4. The van der Waals surface area contributed by atoms with Crippen LogP contribution >= 0.6 is 0 Å². The molecule has 1 atom stereocenters. The number of rotatable bonds is 3. The lowest BCUT2D eigenvalue weighted by Gasteiger charge is -2.32. The summed E-state index contributed by atoms with van der Waals surface area (Å²) >= 11 is 0. The zero-order valence-electron chi connectivity index (χ0n) is 12.0. The molecule has 0 aliphatic carbocycles. The van der Waals surface area contributed by atoms with E-state index in [0.717, 1.165) is 0 Å². The summed E-state index contributed by atoms with van der Waals surface area (Å²) < 4.78 is 12.8. The first-order valence-electron chi connectivity index (χ1n) is 7.08. The molecule has 3 N–H and O–H groups in total. The summed E-state index contributed by atoms with van der Waals surface area (Å²) in [6.45, 7) is 2.75. The van der Waals surface area contributed by atoms with Crippen LogP contribution in [0.2, 0.25) is 0 Å². The fourth-order valence-corrected chi connectivity index (χ4v) is 2.43. The van der Waals surface area contributed by atoms with Crippen molar-refractivity contribution >= 4 is 17.5 Å². The molecule has 21 heavy (non-hydrogen) atoms. The van der Waals surface area contributed by atoms with Crippen LogP contribution in [0.5, 0.6) is 0 Å². The number of nitrogens with zero attached hydrogens (tertiary/aromatic N) is 1. The molecule has 1 fully saturated rings. The molecule has 1 aliphatic rings. The number of halogens is 1. The maximum absolute atomic E-state index is 12.8. The van der Waals surface area contributed by atoms with E-state index in [1.165, 1.54) is 24.3 Å². The molecule has 0 radical (unpaired) electrons. The Morgan fingerprint density at radius 3 is 2.38 bits per heavy atom. The average Bonchev–Trinajstić information content (AvgIpc) is 2.49. The van der Waals surface area contributed by atoms with Crippen molar-refractivity contribution in [2.45, 2.75) is 25.8 Å². The van der Waals surface area contributed by atoms with Gasteiger partial charge in [-0.05, 0) is 44.0 Å². The van der Waals surface area contributed by atoms with E-state index in [1.54, 1.807) is 11.8 Å². The van der Waals surface area contributed by atoms with Gasteiger partial charge < -0.3 is 16.0 Å². The molecule has 1 aromatic carbocycles. The second kappa shape index (κ2) is 6.67. The molecule has 2 rings (SSSR count). The summed E-state index contributed by atoms with van der Waals surface area (Å²) in [6.07, 6.45) is 1.23. The molecule has 0 aromatic heterocycles.